The Balaban J connectivity index is 1.88. The largest absolute Gasteiger partial charge is 0.399 e. The zero-order chi connectivity index (χ0) is 16.2. The molecule has 0 saturated heterocycles. The normalized spacial score (nSPS) is 11.4. The number of carbonyl (C=O) groups is 1. The minimum atomic E-state index is -0.348. The van der Waals surface area contributed by atoms with Crippen molar-refractivity contribution in [3.63, 3.8) is 0 Å². The van der Waals surface area contributed by atoms with Crippen LogP contribution in [0, 0.1) is 0 Å². The van der Waals surface area contributed by atoms with Crippen LogP contribution in [-0.2, 0) is 0 Å². The van der Waals surface area contributed by atoms with Crippen molar-refractivity contribution in [3.05, 3.63) is 66.4 Å². The first-order valence-electron chi connectivity index (χ1n) is 6.98. The van der Waals surface area contributed by atoms with Crippen LogP contribution in [0.5, 0.6) is 0 Å². The van der Waals surface area contributed by atoms with Crippen LogP contribution in [0.1, 0.15) is 10.4 Å². The SMILES string of the molecule is NC(=Nc1ccccc1)NC(=O)c1ccnc2cc(N)ccc12. The number of nitrogens with one attached hydrogen (secondary N) is 1. The second-order valence-corrected chi connectivity index (χ2v) is 4.92. The number of nitrogen functional groups attached to an aromatic ring is 1. The van der Waals surface area contributed by atoms with E-state index in [-0.39, 0.29) is 11.9 Å². The Morgan fingerprint density at radius 1 is 1.09 bits per heavy atom. The molecule has 0 saturated carbocycles. The van der Waals surface area contributed by atoms with Gasteiger partial charge in [0, 0.05) is 17.3 Å². The van der Waals surface area contributed by atoms with Gasteiger partial charge in [0.1, 0.15) is 0 Å². The zero-order valence-corrected chi connectivity index (χ0v) is 12.2. The van der Waals surface area contributed by atoms with Gasteiger partial charge in [-0.1, -0.05) is 18.2 Å². The highest BCUT2D eigenvalue weighted by Crippen LogP contribution is 2.19. The fourth-order valence-electron chi connectivity index (χ4n) is 2.22. The number of nitrogens with two attached hydrogens (primary N) is 2. The average molecular weight is 305 g/mol. The predicted molar refractivity (Wildman–Crippen MR) is 91.3 cm³/mol. The molecule has 1 aromatic heterocycles. The van der Waals surface area contributed by atoms with Gasteiger partial charge in [-0.15, -0.1) is 0 Å². The van der Waals surface area contributed by atoms with E-state index in [0.29, 0.717) is 27.8 Å². The minimum absolute atomic E-state index is 0.0293. The number of anilines is 1. The number of carbonyl (C=O) groups excluding carboxylic acids is 1. The highest BCUT2D eigenvalue weighted by Gasteiger charge is 2.11. The summed E-state index contributed by atoms with van der Waals surface area (Å²) in [5.74, 6) is -0.319. The number of amides is 1. The number of para-hydroxylation sites is 1. The molecule has 0 atom stereocenters. The number of aromatic nitrogens is 1. The quantitative estimate of drug-likeness (QED) is 0.383. The molecule has 2 aromatic carbocycles. The van der Waals surface area contributed by atoms with Crippen LogP contribution in [0.25, 0.3) is 10.9 Å². The molecule has 6 nitrogen and oxygen atoms in total. The summed E-state index contributed by atoms with van der Waals surface area (Å²) in [5.41, 5.74) is 13.9. The number of hydrogen-bond acceptors (Lipinski definition) is 4. The molecule has 3 rings (SSSR count). The summed E-state index contributed by atoms with van der Waals surface area (Å²) >= 11 is 0. The van der Waals surface area contributed by atoms with Crippen molar-refractivity contribution in [1.29, 1.82) is 0 Å². The van der Waals surface area contributed by atoms with E-state index < -0.39 is 0 Å². The molecule has 0 spiro atoms. The molecule has 0 unspecified atom stereocenters. The number of guanidine groups is 1. The maximum absolute atomic E-state index is 12.4. The molecule has 0 aliphatic heterocycles. The Kier molecular flexibility index (Phi) is 3.88. The van der Waals surface area contributed by atoms with Gasteiger partial charge in [-0.2, -0.15) is 0 Å². The number of pyridine rings is 1. The van der Waals surface area contributed by atoms with Crippen LogP contribution in [0.2, 0.25) is 0 Å². The predicted octanol–water partition coefficient (Wildman–Crippen LogP) is 2.19. The van der Waals surface area contributed by atoms with E-state index in [1.165, 1.54) is 0 Å². The monoisotopic (exact) mass is 305 g/mol. The second-order valence-electron chi connectivity index (χ2n) is 4.92. The standard InChI is InChI=1S/C17H15N5O/c18-11-6-7-13-14(8-9-20-15(13)10-11)16(23)22-17(19)21-12-4-2-1-3-5-12/h1-10H,18H2,(H3,19,21,22,23). The first-order valence-corrected chi connectivity index (χ1v) is 6.98. The number of nitrogens with zero attached hydrogens (tertiary/aromatic N) is 2. The van der Waals surface area contributed by atoms with E-state index in [1.807, 2.05) is 18.2 Å². The summed E-state index contributed by atoms with van der Waals surface area (Å²) in [6, 6.07) is 16.0. The van der Waals surface area contributed by atoms with Crippen LogP contribution in [0.15, 0.2) is 65.8 Å². The van der Waals surface area contributed by atoms with Gasteiger partial charge in [-0.05, 0) is 36.4 Å². The number of hydrogen-bond donors (Lipinski definition) is 3. The van der Waals surface area contributed by atoms with Gasteiger partial charge in [0.2, 0.25) is 5.96 Å². The maximum atomic E-state index is 12.4. The Labute approximate surface area is 132 Å². The molecule has 0 aliphatic carbocycles. The lowest BCUT2D eigenvalue weighted by Gasteiger charge is -2.07. The lowest BCUT2D eigenvalue weighted by Crippen LogP contribution is -2.36. The van der Waals surface area contributed by atoms with Crippen molar-refractivity contribution in [2.75, 3.05) is 5.73 Å². The van der Waals surface area contributed by atoms with Gasteiger partial charge in [0.15, 0.2) is 0 Å². The fraction of sp³-hybridized carbons (Fsp3) is 0. The summed E-state index contributed by atoms with van der Waals surface area (Å²) in [6.45, 7) is 0. The van der Waals surface area contributed by atoms with Gasteiger partial charge in [-0.3, -0.25) is 15.1 Å². The van der Waals surface area contributed by atoms with Crippen LogP contribution in [0.4, 0.5) is 11.4 Å². The number of fused-ring (bicyclic) bond motifs is 1. The van der Waals surface area contributed by atoms with E-state index in [2.05, 4.69) is 15.3 Å². The minimum Gasteiger partial charge on any atom is -0.399 e. The lowest BCUT2D eigenvalue weighted by molar-refractivity contribution is 0.0978. The molecule has 0 radical (unpaired) electrons. The van der Waals surface area contributed by atoms with Crippen LogP contribution in [-0.4, -0.2) is 16.9 Å². The van der Waals surface area contributed by atoms with Crippen molar-refractivity contribution in [1.82, 2.24) is 10.3 Å². The van der Waals surface area contributed by atoms with E-state index in [0.717, 1.165) is 0 Å². The molecule has 0 aliphatic rings. The highest BCUT2D eigenvalue weighted by atomic mass is 16.1. The fourth-order valence-corrected chi connectivity index (χ4v) is 2.22. The molecular formula is C17H15N5O. The molecule has 0 bridgehead atoms. The first-order chi connectivity index (χ1) is 11.1. The summed E-state index contributed by atoms with van der Waals surface area (Å²) in [5, 5.41) is 3.28. The third-order valence-electron chi connectivity index (χ3n) is 3.26. The van der Waals surface area contributed by atoms with Gasteiger partial charge >= 0.3 is 0 Å². The Morgan fingerprint density at radius 3 is 2.65 bits per heavy atom. The molecule has 6 heteroatoms. The van der Waals surface area contributed by atoms with E-state index >= 15 is 0 Å². The molecule has 114 valence electrons. The summed E-state index contributed by atoms with van der Waals surface area (Å²) in [4.78, 5) is 20.8. The zero-order valence-electron chi connectivity index (χ0n) is 12.2. The molecule has 0 fully saturated rings. The van der Waals surface area contributed by atoms with Gasteiger partial charge < -0.3 is 11.5 Å². The van der Waals surface area contributed by atoms with E-state index in [9.17, 15) is 4.79 Å². The second kappa shape index (κ2) is 6.15. The topological polar surface area (TPSA) is 106 Å². The van der Waals surface area contributed by atoms with Crippen molar-refractivity contribution in [3.8, 4) is 0 Å². The first kappa shape index (κ1) is 14.5. The van der Waals surface area contributed by atoms with Crippen molar-refractivity contribution < 1.29 is 4.79 Å². The summed E-state index contributed by atoms with van der Waals surface area (Å²) in [6.07, 6.45) is 1.56. The third kappa shape index (κ3) is 3.26. The third-order valence-corrected chi connectivity index (χ3v) is 3.26. The molecule has 3 aromatic rings. The van der Waals surface area contributed by atoms with Gasteiger partial charge in [0.25, 0.3) is 5.91 Å². The molecule has 23 heavy (non-hydrogen) atoms. The van der Waals surface area contributed by atoms with Gasteiger partial charge in [0.05, 0.1) is 16.8 Å². The van der Waals surface area contributed by atoms with Crippen molar-refractivity contribution in [2.24, 2.45) is 10.7 Å². The van der Waals surface area contributed by atoms with Crippen molar-refractivity contribution >= 4 is 34.1 Å². The summed E-state index contributed by atoms with van der Waals surface area (Å²) < 4.78 is 0. The molecule has 1 amide bonds. The maximum Gasteiger partial charge on any atom is 0.258 e. The van der Waals surface area contributed by atoms with Crippen LogP contribution < -0.4 is 16.8 Å². The number of benzene rings is 2. The van der Waals surface area contributed by atoms with Crippen molar-refractivity contribution in [2.45, 2.75) is 0 Å². The number of aliphatic imine (C=N–C) groups is 1. The van der Waals surface area contributed by atoms with Crippen LogP contribution in [0.3, 0.4) is 0 Å². The Hall–Kier alpha value is -3.41. The van der Waals surface area contributed by atoms with E-state index in [1.54, 1.807) is 42.6 Å². The Bertz CT molecular complexity index is 890. The Morgan fingerprint density at radius 2 is 1.87 bits per heavy atom. The molecular weight excluding hydrogens is 290 g/mol. The molecule has 1 heterocycles. The lowest BCUT2D eigenvalue weighted by atomic mass is 10.1. The average Bonchev–Trinajstić information content (AvgIpc) is 2.54. The van der Waals surface area contributed by atoms with Gasteiger partial charge in [-0.25, -0.2) is 4.99 Å². The summed E-state index contributed by atoms with van der Waals surface area (Å²) in [7, 11) is 0. The van der Waals surface area contributed by atoms with E-state index in [4.69, 9.17) is 11.5 Å². The van der Waals surface area contributed by atoms with Crippen LogP contribution >= 0.6 is 0 Å². The number of rotatable bonds is 2. The molecule has 5 N–H and O–H groups in total. The highest BCUT2D eigenvalue weighted by molar-refractivity contribution is 6.12. The smallest absolute Gasteiger partial charge is 0.258 e.